The highest BCUT2D eigenvalue weighted by Gasteiger charge is 2.32. The van der Waals surface area contributed by atoms with E-state index in [0.717, 1.165) is 43.2 Å². The molecule has 4 heterocycles. The second-order valence-corrected chi connectivity index (χ2v) is 16.4. The Morgan fingerprint density at radius 2 is 1.65 bits per heavy atom. The summed E-state index contributed by atoms with van der Waals surface area (Å²) in [5.41, 5.74) is 2.50. The van der Waals surface area contributed by atoms with E-state index in [1.807, 2.05) is 50.5 Å². The summed E-state index contributed by atoms with van der Waals surface area (Å²) in [6.45, 7) is 13.2. The van der Waals surface area contributed by atoms with Gasteiger partial charge in [-0.05, 0) is 123 Å². The Morgan fingerprint density at radius 1 is 0.927 bits per heavy atom. The molecule has 12 nitrogen and oxygen atoms in total. The highest BCUT2D eigenvalue weighted by Crippen LogP contribution is 2.43. The van der Waals surface area contributed by atoms with Gasteiger partial charge in [-0.15, -0.1) is 0 Å². The van der Waals surface area contributed by atoms with Gasteiger partial charge in [0, 0.05) is 18.0 Å². The first-order valence-corrected chi connectivity index (χ1v) is 19.0. The van der Waals surface area contributed by atoms with E-state index in [0.29, 0.717) is 57.6 Å². The molecule has 55 heavy (non-hydrogen) atoms. The molecule has 1 amide bonds. The van der Waals surface area contributed by atoms with Crippen LogP contribution in [0, 0.1) is 5.82 Å². The van der Waals surface area contributed by atoms with Crippen molar-refractivity contribution in [3.63, 3.8) is 0 Å². The average molecular weight is 775 g/mol. The number of aromatic nitrogens is 5. The molecule has 1 aromatic carbocycles. The molecule has 0 bridgehead atoms. The lowest BCUT2D eigenvalue weighted by Gasteiger charge is -2.22. The van der Waals surface area contributed by atoms with Crippen molar-refractivity contribution in [1.29, 1.82) is 0 Å². The summed E-state index contributed by atoms with van der Waals surface area (Å²) in [5.74, 6) is -1.06. The molecule has 1 aliphatic rings. The van der Waals surface area contributed by atoms with Gasteiger partial charge in [-0.2, -0.15) is 0 Å². The second-order valence-electron chi connectivity index (χ2n) is 16.0. The van der Waals surface area contributed by atoms with Crippen molar-refractivity contribution < 1.29 is 33.0 Å². The number of esters is 2. The summed E-state index contributed by atoms with van der Waals surface area (Å²) in [6, 6.07) is 11.4. The fraction of sp³-hybridized carbons (Fsp3) is 0.463. The van der Waals surface area contributed by atoms with Crippen molar-refractivity contribution in [3.05, 3.63) is 75.9 Å². The Bertz CT molecular complexity index is 2270. The van der Waals surface area contributed by atoms with E-state index in [-0.39, 0.29) is 11.6 Å². The van der Waals surface area contributed by atoms with Crippen molar-refractivity contribution in [2.45, 2.75) is 117 Å². The minimum Gasteiger partial charge on any atom is -0.465 e. The smallest absolute Gasteiger partial charge is 0.408 e. The average Bonchev–Trinajstić information content (AvgIpc) is 3.76. The molecule has 0 radical (unpaired) electrons. The number of pyridine rings is 2. The van der Waals surface area contributed by atoms with E-state index in [1.165, 1.54) is 13.2 Å². The van der Waals surface area contributed by atoms with Gasteiger partial charge in [0.15, 0.2) is 5.82 Å². The topological polar surface area (TPSA) is 139 Å². The van der Waals surface area contributed by atoms with Gasteiger partial charge in [0.1, 0.15) is 33.3 Å². The van der Waals surface area contributed by atoms with Crippen LogP contribution in [0.15, 0.2) is 42.5 Å². The standard InChI is InChI=1S/C41H48ClFN6O6/c1-23(44-39(52)55-41(5,6)7)29-17-13-24-22-32(36-47-31-21-25(37(50)53-8)20-28(43)34(31)49(36)26-14-15-26)48(35(24)46-29)19-11-9-10-12-30-27(16-18-33(42)45-30)38(51)54-40(2,3)4/h13,16-18,20-23,26H,9-12,14-15,19H2,1-8H3,(H,44,52)/t23-/m1/s1. The first-order chi connectivity index (χ1) is 25.9. The Morgan fingerprint density at radius 3 is 2.33 bits per heavy atom. The number of hydrogen-bond acceptors (Lipinski definition) is 9. The summed E-state index contributed by atoms with van der Waals surface area (Å²) in [5, 5.41) is 4.03. The number of nitrogens with one attached hydrogen (secondary N) is 1. The molecule has 4 aromatic heterocycles. The third-order valence-corrected chi connectivity index (χ3v) is 9.31. The van der Waals surface area contributed by atoms with Crippen LogP contribution in [0.25, 0.3) is 33.6 Å². The highest BCUT2D eigenvalue weighted by atomic mass is 35.5. The van der Waals surface area contributed by atoms with Crippen LogP contribution >= 0.6 is 11.6 Å². The zero-order valence-corrected chi connectivity index (χ0v) is 33.3. The van der Waals surface area contributed by atoms with Crippen molar-refractivity contribution >= 4 is 51.7 Å². The largest absolute Gasteiger partial charge is 0.465 e. The Hall–Kier alpha value is -5.04. The minimum absolute atomic E-state index is 0.0517. The molecule has 1 atom stereocenters. The van der Waals surface area contributed by atoms with Crippen molar-refractivity contribution in [2.24, 2.45) is 0 Å². The molecule has 0 aliphatic heterocycles. The maximum atomic E-state index is 15.8. The number of carbonyl (C=O) groups excluding carboxylic acids is 3. The summed E-state index contributed by atoms with van der Waals surface area (Å²) >= 11 is 6.24. The zero-order chi connectivity index (χ0) is 39.8. The number of benzene rings is 1. The maximum Gasteiger partial charge on any atom is 0.408 e. The van der Waals surface area contributed by atoms with E-state index in [1.54, 1.807) is 39.0 Å². The predicted octanol–water partition coefficient (Wildman–Crippen LogP) is 9.32. The van der Waals surface area contributed by atoms with E-state index in [4.69, 9.17) is 35.8 Å². The predicted molar refractivity (Wildman–Crippen MR) is 208 cm³/mol. The molecule has 1 saturated carbocycles. The van der Waals surface area contributed by atoms with Crippen LogP contribution in [0.2, 0.25) is 5.15 Å². The quantitative estimate of drug-likeness (QED) is 0.0569. The molecule has 0 unspecified atom stereocenters. The molecule has 1 aliphatic carbocycles. The molecule has 14 heteroatoms. The van der Waals surface area contributed by atoms with Crippen LogP contribution in [-0.2, 0) is 27.2 Å². The SMILES string of the molecule is COC(=O)c1cc(F)c2c(c1)nc(-c1cc3ccc([C@@H](C)NC(=O)OC(C)(C)C)nc3n1CCCCCc1nc(Cl)ccc1C(=O)OC(C)(C)C)n2C1CC1. The number of unbranched alkanes of at least 4 members (excludes halogenated alkanes) is 2. The summed E-state index contributed by atoms with van der Waals surface area (Å²) in [7, 11) is 1.26. The molecule has 5 aromatic rings. The van der Waals surface area contributed by atoms with Crippen LogP contribution in [0.5, 0.6) is 0 Å². The number of hydrogen-bond donors (Lipinski definition) is 1. The van der Waals surface area contributed by atoms with Crippen molar-refractivity contribution in [2.75, 3.05) is 7.11 Å². The lowest BCUT2D eigenvalue weighted by molar-refractivity contribution is 0.00671. The molecular weight excluding hydrogens is 727 g/mol. The number of rotatable bonds is 12. The lowest BCUT2D eigenvalue weighted by atomic mass is 10.1. The van der Waals surface area contributed by atoms with Gasteiger partial charge in [-0.3, -0.25) is 0 Å². The number of nitrogens with zero attached hydrogens (tertiary/aromatic N) is 5. The van der Waals surface area contributed by atoms with Crippen LogP contribution in [0.1, 0.15) is 125 Å². The number of fused-ring (bicyclic) bond motifs is 2. The summed E-state index contributed by atoms with van der Waals surface area (Å²) in [4.78, 5) is 52.4. The van der Waals surface area contributed by atoms with Crippen molar-refractivity contribution in [1.82, 2.24) is 29.4 Å². The number of methoxy groups -OCH3 is 1. The first-order valence-electron chi connectivity index (χ1n) is 18.6. The highest BCUT2D eigenvalue weighted by molar-refractivity contribution is 6.29. The monoisotopic (exact) mass is 774 g/mol. The first kappa shape index (κ1) is 39.6. The van der Waals surface area contributed by atoms with Crippen LogP contribution in [0.4, 0.5) is 9.18 Å². The number of imidazole rings is 1. The number of aryl methyl sites for hydroxylation is 2. The van der Waals surface area contributed by atoms with Crippen LogP contribution in [0.3, 0.4) is 0 Å². The van der Waals surface area contributed by atoms with Gasteiger partial charge in [0.05, 0.1) is 46.9 Å². The zero-order valence-electron chi connectivity index (χ0n) is 32.6. The van der Waals surface area contributed by atoms with Gasteiger partial charge < -0.3 is 28.7 Å². The van der Waals surface area contributed by atoms with Gasteiger partial charge in [0.25, 0.3) is 0 Å². The van der Waals surface area contributed by atoms with Crippen LogP contribution < -0.4 is 5.32 Å². The Labute approximate surface area is 324 Å². The third kappa shape index (κ3) is 9.26. The Balaban J connectivity index is 1.34. The number of amides is 1. The Kier molecular flexibility index (Phi) is 11.2. The third-order valence-electron chi connectivity index (χ3n) is 9.10. The number of carbonyl (C=O) groups is 3. The van der Waals surface area contributed by atoms with Crippen molar-refractivity contribution in [3.8, 4) is 11.5 Å². The molecule has 1 fully saturated rings. The van der Waals surface area contributed by atoms with E-state index in [9.17, 15) is 14.4 Å². The minimum atomic E-state index is -0.658. The van der Waals surface area contributed by atoms with E-state index >= 15 is 4.39 Å². The summed E-state index contributed by atoms with van der Waals surface area (Å²) in [6.07, 6.45) is 3.92. The second kappa shape index (κ2) is 15.6. The lowest BCUT2D eigenvalue weighted by Crippen LogP contribution is -2.34. The maximum absolute atomic E-state index is 15.8. The van der Waals surface area contributed by atoms with E-state index < -0.39 is 41.1 Å². The molecular formula is C41H48ClFN6O6. The van der Waals surface area contributed by atoms with Crippen LogP contribution in [-0.4, -0.2) is 60.4 Å². The molecule has 1 N–H and O–H groups in total. The van der Waals surface area contributed by atoms with Gasteiger partial charge in [-0.1, -0.05) is 18.0 Å². The number of alkyl carbamates (subject to hydrolysis) is 1. The fourth-order valence-electron chi connectivity index (χ4n) is 6.56. The number of halogens is 2. The molecule has 0 spiro atoms. The molecule has 0 saturated heterocycles. The fourth-order valence-corrected chi connectivity index (χ4v) is 6.73. The van der Waals surface area contributed by atoms with Gasteiger partial charge >= 0.3 is 18.0 Å². The van der Waals surface area contributed by atoms with Gasteiger partial charge in [0.2, 0.25) is 0 Å². The number of ether oxygens (including phenoxy) is 3. The summed E-state index contributed by atoms with van der Waals surface area (Å²) < 4.78 is 35.8. The van der Waals surface area contributed by atoms with E-state index in [2.05, 4.69) is 14.9 Å². The molecule has 292 valence electrons. The van der Waals surface area contributed by atoms with Gasteiger partial charge in [-0.25, -0.2) is 33.7 Å². The molecule has 6 rings (SSSR count). The normalized spacial score (nSPS) is 13.9.